The molecule has 0 spiro atoms. The topological polar surface area (TPSA) is 44.7 Å². The Balaban J connectivity index is 1.51. The van der Waals surface area contributed by atoms with Crippen LogP contribution < -0.4 is 9.80 Å². The molecule has 0 bridgehead atoms. The van der Waals surface area contributed by atoms with Crippen LogP contribution in [0.3, 0.4) is 0 Å². The minimum Gasteiger partial charge on any atom is -0.373 e. The molecule has 0 radical (unpaired) electrons. The number of aryl methyl sites for hydroxylation is 2. The highest BCUT2D eigenvalue weighted by Gasteiger charge is 2.40. The van der Waals surface area contributed by atoms with Crippen LogP contribution in [0, 0.1) is 13.8 Å². The van der Waals surface area contributed by atoms with Gasteiger partial charge in [-0.3, -0.25) is 4.90 Å². The first-order valence-corrected chi connectivity index (χ1v) is 9.68. The van der Waals surface area contributed by atoms with Crippen molar-refractivity contribution in [3.05, 3.63) is 47.2 Å². The summed E-state index contributed by atoms with van der Waals surface area (Å²) in [6.07, 6.45) is 2.09. The number of aromatic nitrogens is 2. The first-order chi connectivity index (χ1) is 13.0. The third-order valence-corrected chi connectivity index (χ3v) is 5.39. The summed E-state index contributed by atoms with van der Waals surface area (Å²) in [5, 5.41) is 0. The molecule has 0 aliphatic carbocycles. The molecule has 0 unspecified atom stereocenters. The zero-order valence-corrected chi connectivity index (χ0v) is 16.7. The van der Waals surface area contributed by atoms with Crippen molar-refractivity contribution in [2.45, 2.75) is 32.5 Å². The maximum Gasteiger partial charge on any atom is 0.226 e. The Morgan fingerprint density at radius 2 is 1.93 bits per heavy atom. The van der Waals surface area contributed by atoms with E-state index in [0.717, 1.165) is 44.6 Å². The molecule has 1 aromatic heterocycles. The van der Waals surface area contributed by atoms with Crippen LogP contribution in [-0.2, 0) is 11.3 Å². The lowest BCUT2D eigenvalue weighted by atomic mass is 10.1. The van der Waals surface area contributed by atoms with E-state index in [-0.39, 0.29) is 6.10 Å². The van der Waals surface area contributed by atoms with Gasteiger partial charge >= 0.3 is 0 Å². The quantitative estimate of drug-likeness (QED) is 0.826. The van der Waals surface area contributed by atoms with Crippen LogP contribution in [0.5, 0.6) is 0 Å². The van der Waals surface area contributed by atoms with Crippen molar-refractivity contribution in [2.24, 2.45) is 0 Å². The molecule has 2 fully saturated rings. The number of fused-ring (bicyclic) bond motifs is 1. The summed E-state index contributed by atoms with van der Waals surface area (Å²) in [6, 6.07) is 9.18. The summed E-state index contributed by atoms with van der Waals surface area (Å²) >= 11 is 0. The van der Waals surface area contributed by atoms with Gasteiger partial charge in [-0.1, -0.05) is 29.3 Å². The lowest BCUT2D eigenvalue weighted by molar-refractivity contribution is 0.0303. The first kappa shape index (κ1) is 18.2. The smallest absolute Gasteiger partial charge is 0.226 e. The van der Waals surface area contributed by atoms with Gasteiger partial charge < -0.3 is 14.5 Å². The van der Waals surface area contributed by atoms with E-state index in [4.69, 9.17) is 9.72 Å². The maximum absolute atomic E-state index is 6.11. The monoisotopic (exact) mass is 367 g/mol. The van der Waals surface area contributed by atoms with Crippen molar-refractivity contribution < 1.29 is 4.74 Å². The average Bonchev–Trinajstić information content (AvgIpc) is 3.03. The fourth-order valence-electron chi connectivity index (χ4n) is 4.31. The summed E-state index contributed by atoms with van der Waals surface area (Å²) in [7, 11) is 3.95. The molecule has 2 atom stereocenters. The molecule has 144 valence electrons. The van der Waals surface area contributed by atoms with Crippen LogP contribution >= 0.6 is 0 Å². The van der Waals surface area contributed by atoms with Gasteiger partial charge in [-0.15, -0.1) is 0 Å². The molecule has 6 nitrogen and oxygen atoms in total. The van der Waals surface area contributed by atoms with Gasteiger partial charge in [0.15, 0.2) is 0 Å². The van der Waals surface area contributed by atoms with E-state index < -0.39 is 0 Å². The highest BCUT2D eigenvalue weighted by Crippen LogP contribution is 2.28. The molecule has 2 aliphatic rings. The van der Waals surface area contributed by atoms with E-state index in [1.807, 2.05) is 31.3 Å². The molecule has 0 saturated carbocycles. The molecule has 4 rings (SSSR count). The van der Waals surface area contributed by atoms with Gasteiger partial charge in [0.1, 0.15) is 5.82 Å². The average molecular weight is 367 g/mol. The standard InChI is InChI=1S/C21H29N5O/c1-15-9-16(2)11-17(10-15)12-25-13-18-19(14-25)27-8-7-26(18)20-5-6-22-21(23-20)24(3)4/h5-6,9-11,18-19H,7-8,12-14H2,1-4H3/t18-,19+/m0/s1. The van der Waals surface area contributed by atoms with E-state index in [9.17, 15) is 0 Å². The number of likely N-dealkylation sites (tertiary alicyclic amines) is 1. The fourth-order valence-corrected chi connectivity index (χ4v) is 4.31. The predicted octanol–water partition coefficient (Wildman–Crippen LogP) is 2.25. The Kier molecular flexibility index (Phi) is 5.02. The number of nitrogens with zero attached hydrogens (tertiary/aromatic N) is 5. The Bertz CT molecular complexity index is 789. The van der Waals surface area contributed by atoms with E-state index in [0.29, 0.717) is 6.04 Å². The highest BCUT2D eigenvalue weighted by atomic mass is 16.5. The van der Waals surface area contributed by atoms with Crippen molar-refractivity contribution in [2.75, 3.05) is 50.1 Å². The molecule has 2 saturated heterocycles. The van der Waals surface area contributed by atoms with E-state index >= 15 is 0 Å². The van der Waals surface area contributed by atoms with Gasteiger partial charge in [-0.05, 0) is 25.5 Å². The third kappa shape index (κ3) is 3.92. The number of ether oxygens (including phenoxy) is 1. The Hall–Kier alpha value is -2.18. The SMILES string of the molecule is Cc1cc(C)cc(CN2C[C@H]3OCCN(c4ccnc(N(C)C)n4)[C@H]3C2)c1. The molecule has 2 aliphatic heterocycles. The molecular weight excluding hydrogens is 338 g/mol. The van der Waals surface area contributed by atoms with Crippen molar-refractivity contribution >= 4 is 11.8 Å². The second-order valence-electron chi connectivity index (χ2n) is 7.97. The first-order valence-electron chi connectivity index (χ1n) is 9.68. The van der Waals surface area contributed by atoms with E-state index in [1.165, 1.54) is 16.7 Å². The minimum atomic E-state index is 0.238. The number of hydrogen-bond acceptors (Lipinski definition) is 6. The van der Waals surface area contributed by atoms with Gasteiger partial charge in [0.05, 0.1) is 18.8 Å². The zero-order valence-electron chi connectivity index (χ0n) is 16.7. The van der Waals surface area contributed by atoms with Crippen molar-refractivity contribution in [1.82, 2.24) is 14.9 Å². The number of benzene rings is 1. The molecule has 1 aromatic carbocycles. The van der Waals surface area contributed by atoms with Crippen LogP contribution in [0.2, 0.25) is 0 Å². The lowest BCUT2D eigenvalue weighted by Crippen LogP contribution is -2.51. The number of hydrogen-bond donors (Lipinski definition) is 0. The molecule has 3 heterocycles. The zero-order chi connectivity index (χ0) is 19.0. The Morgan fingerprint density at radius 1 is 1.15 bits per heavy atom. The van der Waals surface area contributed by atoms with Crippen molar-refractivity contribution in [3.63, 3.8) is 0 Å². The largest absolute Gasteiger partial charge is 0.373 e. The van der Waals surface area contributed by atoms with Crippen molar-refractivity contribution in [3.8, 4) is 0 Å². The summed E-state index contributed by atoms with van der Waals surface area (Å²) in [5.74, 6) is 1.75. The summed E-state index contributed by atoms with van der Waals surface area (Å²) < 4.78 is 6.11. The Labute approximate surface area is 161 Å². The number of anilines is 2. The lowest BCUT2D eigenvalue weighted by Gasteiger charge is -2.37. The van der Waals surface area contributed by atoms with Crippen LogP contribution in [0.1, 0.15) is 16.7 Å². The number of morpholine rings is 1. The summed E-state index contributed by atoms with van der Waals surface area (Å²) in [5.41, 5.74) is 4.04. The van der Waals surface area contributed by atoms with Gasteiger partial charge in [0, 0.05) is 46.5 Å². The molecule has 6 heteroatoms. The molecule has 0 N–H and O–H groups in total. The minimum absolute atomic E-state index is 0.238. The van der Waals surface area contributed by atoms with Crippen LogP contribution in [-0.4, -0.2) is 67.4 Å². The maximum atomic E-state index is 6.11. The van der Waals surface area contributed by atoms with Gasteiger partial charge in [-0.25, -0.2) is 4.98 Å². The molecular formula is C21H29N5O. The second kappa shape index (κ2) is 7.44. The van der Waals surface area contributed by atoms with Gasteiger partial charge in [0.25, 0.3) is 0 Å². The second-order valence-corrected chi connectivity index (χ2v) is 7.97. The van der Waals surface area contributed by atoms with E-state index in [1.54, 1.807) is 0 Å². The van der Waals surface area contributed by atoms with Crippen LogP contribution in [0.15, 0.2) is 30.5 Å². The van der Waals surface area contributed by atoms with Gasteiger partial charge in [-0.2, -0.15) is 4.98 Å². The van der Waals surface area contributed by atoms with E-state index in [2.05, 4.69) is 46.8 Å². The normalized spacial score (nSPS) is 22.7. The highest BCUT2D eigenvalue weighted by molar-refractivity contribution is 5.45. The fraction of sp³-hybridized carbons (Fsp3) is 0.524. The third-order valence-electron chi connectivity index (χ3n) is 5.39. The van der Waals surface area contributed by atoms with Gasteiger partial charge in [0.2, 0.25) is 5.95 Å². The summed E-state index contributed by atoms with van der Waals surface area (Å²) in [4.78, 5) is 16.0. The molecule has 27 heavy (non-hydrogen) atoms. The van der Waals surface area contributed by atoms with Crippen molar-refractivity contribution in [1.29, 1.82) is 0 Å². The molecule has 2 aromatic rings. The molecule has 0 amide bonds. The predicted molar refractivity (Wildman–Crippen MR) is 108 cm³/mol. The van der Waals surface area contributed by atoms with Crippen LogP contribution in [0.4, 0.5) is 11.8 Å². The van der Waals surface area contributed by atoms with Crippen LogP contribution in [0.25, 0.3) is 0 Å². The Morgan fingerprint density at radius 3 is 2.67 bits per heavy atom. The number of rotatable bonds is 4. The summed E-state index contributed by atoms with van der Waals surface area (Å²) in [6.45, 7) is 8.91.